The van der Waals surface area contributed by atoms with Gasteiger partial charge in [-0.3, -0.25) is 9.69 Å². The summed E-state index contributed by atoms with van der Waals surface area (Å²) in [6.45, 7) is 12.3. The van der Waals surface area contributed by atoms with Crippen LogP contribution in [0.25, 0.3) is 6.08 Å². The second kappa shape index (κ2) is 11.8. The smallest absolute Gasteiger partial charge is 0.407 e. The molecule has 2 aliphatic rings. The average Bonchev–Trinajstić information content (AvgIpc) is 3.04. The van der Waals surface area contributed by atoms with Gasteiger partial charge in [-0.15, -0.1) is 11.3 Å². The highest BCUT2D eigenvalue weighted by Gasteiger charge is 2.22. The Bertz CT molecular complexity index is 926. The van der Waals surface area contributed by atoms with Gasteiger partial charge < -0.3 is 26.4 Å². The van der Waals surface area contributed by atoms with Crippen LogP contribution >= 0.6 is 11.3 Å². The van der Waals surface area contributed by atoms with Crippen molar-refractivity contribution in [3.63, 3.8) is 0 Å². The third-order valence-electron chi connectivity index (χ3n) is 5.91. The molecule has 10 heteroatoms. The van der Waals surface area contributed by atoms with Gasteiger partial charge >= 0.3 is 6.09 Å². The van der Waals surface area contributed by atoms with Gasteiger partial charge in [-0.25, -0.2) is 9.79 Å². The third kappa shape index (κ3) is 8.11. The number of nitrogens with zero attached hydrogens (tertiary/aromatic N) is 3. The van der Waals surface area contributed by atoms with Crippen LogP contribution in [-0.4, -0.2) is 78.6 Å². The minimum atomic E-state index is -0.861. The molecule has 5 N–H and O–H groups in total. The van der Waals surface area contributed by atoms with Gasteiger partial charge in [-0.05, 0) is 43.5 Å². The van der Waals surface area contributed by atoms with Crippen LogP contribution in [-0.2, 0) is 11.3 Å². The predicted octanol–water partition coefficient (Wildman–Crippen LogP) is 2.85. The zero-order valence-electron chi connectivity index (χ0n) is 20.5. The lowest BCUT2D eigenvalue weighted by molar-refractivity contribution is -0.117. The summed E-state index contributed by atoms with van der Waals surface area (Å²) in [6, 6.07) is 2.02. The number of nitrogens with two attached hydrogens (primary N) is 1. The van der Waals surface area contributed by atoms with Crippen LogP contribution < -0.4 is 16.4 Å². The fourth-order valence-corrected chi connectivity index (χ4v) is 5.01. The van der Waals surface area contributed by atoms with Crippen molar-refractivity contribution in [3.8, 4) is 0 Å². The van der Waals surface area contributed by atoms with Gasteiger partial charge in [0, 0.05) is 56.1 Å². The lowest BCUT2D eigenvalue weighted by Crippen LogP contribution is -2.47. The molecule has 2 amide bonds. The lowest BCUT2D eigenvalue weighted by atomic mass is 9.92. The van der Waals surface area contributed by atoms with E-state index in [1.807, 2.05) is 12.1 Å². The molecule has 1 aromatic heterocycles. The number of hydrogen-bond donors (Lipinski definition) is 4. The number of amidine groups is 1. The van der Waals surface area contributed by atoms with Crippen LogP contribution in [0, 0.1) is 5.41 Å². The van der Waals surface area contributed by atoms with Crippen molar-refractivity contribution < 1.29 is 14.7 Å². The Kier molecular flexibility index (Phi) is 9.10. The van der Waals surface area contributed by atoms with Crippen LogP contribution in [0.5, 0.6) is 0 Å². The van der Waals surface area contributed by atoms with Gasteiger partial charge in [-0.2, -0.15) is 0 Å². The minimum absolute atomic E-state index is 0.0968. The van der Waals surface area contributed by atoms with Crippen molar-refractivity contribution >= 4 is 40.9 Å². The van der Waals surface area contributed by atoms with Gasteiger partial charge in [-0.1, -0.05) is 20.8 Å². The highest BCUT2D eigenvalue weighted by Crippen LogP contribution is 2.35. The number of hydrogen-bond acceptors (Lipinski definition) is 7. The van der Waals surface area contributed by atoms with Crippen LogP contribution in [0.4, 0.5) is 10.5 Å². The number of carbonyl (C=O) groups is 2. The van der Waals surface area contributed by atoms with Crippen LogP contribution in [0.1, 0.15) is 49.8 Å². The molecule has 3 heterocycles. The summed E-state index contributed by atoms with van der Waals surface area (Å²) in [4.78, 5) is 34.2. The highest BCUT2D eigenvalue weighted by molar-refractivity contribution is 7.13. The molecule has 1 fully saturated rings. The molecule has 0 radical (unpaired) electrons. The molecule has 1 saturated heterocycles. The minimum Gasteiger partial charge on any atom is -0.465 e. The topological polar surface area (TPSA) is 123 Å². The van der Waals surface area contributed by atoms with Gasteiger partial charge in [0.1, 0.15) is 5.84 Å². The number of fused-ring (bicyclic) bond motifs is 1. The van der Waals surface area contributed by atoms with Crippen LogP contribution in [0.2, 0.25) is 0 Å². The average molecular weight is 491 g/mol. The lowest BCUT2D eigenvalue weighted by Gasteiger charge is -2.32. The fraction of sp³-hybridized carbons (Fsp3) is 0.625. The summed E-state index contributed by atoms with van der Waals surface area (Å²) in [5, 5.41) is 15.6. The molecule has 0 aromatic carbocycles. The maximum Gasteiger partial charge on any atom is 0.407 e. The van der Waals surface area contributed by atoms with E-state index in [0.29, 0.717) is 56.0 Å². The van der Waals surface area contributed by atoms with Crippen molar-refractivity contribution in [2.45, 2.75) is 46.6 Å². The quantitative estimate of drug-likeness (QED) is 0.395. The first-order chi connectivity index (χ1) is 16.1. The molecule has 0 aliphatic carbocycles. The summed E-state index contributed by atoms with van der Waals surface area (Å²) in [5.74, 6) is 0.337. The SMILES string of the molecule is CC(C)(C)CCNCCCNC(=O)C1=Cc2sc(CN3CCN(C(=O)O)CC3)cc2N=C(N)C1. The largest absolute Gasteiger partial charge is 0.465 e. The number of piperazine rings is 1. The highest BCUT2D eigenvalue weighted by atomic mass is 32.1. The molecule has 0 atom stereocenters. The van der Waals surface area contributed by atoms with Crippen molar-refractivity contribution in [1.29, 1.82) is 0 Å². The van der Waals surface area contributed by atoms with Crippen molar-refractivity contribution in [2.75, 3.05) is 45.8 Å². The Morgan fingerprint density at radius 3 is 2.59 bits per heavy atom. The van der Waals surface area contributed by atoms with E-state index in [2.05, 4.69) is 41.3 Å². The van der Waals surface area contributed by atoms with E-state index in [4.69, 9.17) is 10.8 Å². The molecular formula is C24H38N6O3S. The van der Waals surface area contributed by atoms with E-state index < -0.39 is 6.09 Å². The van der Waals surface area contributed by atoms with Gasteiger partial charge in [0.25, 0.3) is 0 Å². The normalized spacial score (nSPS) is 17.0. The first-order valence-electron chi connectivity index (χ1n) is 12.0. The van der Waals surface area contributed by atoms with Gasteiger partial charge in [0.05, 0.1) is 10.6 Å². The maximum absolute atomic E-state index is 12.8. The molecular weight excluding hydrogens is 452 g/mol. The Balaban J connectivity index is 1.50. The van der Waals surface area contributed by atoms with Crippen molar-refractivity contribution in [2.24, 2.45) is 16.1 Å². The summed E-state index contributed by atoms with van der Waals surface area (Å²) in [5.41, 5.74) is 7.86. The number of thiophene rings is 1. The fourth-order valence-electron chi connectivity index (χ4n) is 3.89. The van der Waals surface area contributed by atoms with Gasteiger partial charge in [0.2, 0.25) is 5.91 Å². The van der Waals surface area contributed by atoms with Gasteiger partial charge in [0.15, 0.2) is 0 Å². The molecule has 0 saturated carbocycles. The summed E-state index contributed by atoms with van der Waals surface area (Å²) in [7, 11) is 0. The van der Waals surface area contributed by atoms with E-state index in [0.717, 1.165) is 47.9 Å². The first-order valence-corrected chi connectivity index (χ1v) is 12.8. The number of carbonyl (C=O) groups excluding carboxylic acids is 1. The number of aliphatic imine (C=N–C) groups is 1. The van der Waals surface area contributed by atoms with Crippen LogP contribution in [0.15, 0.2) is 16.6 Å². The number of nitrogens with one attached hydrogen (secondary N) is 2. The molecule has 188 valence electrons. The van der Waals surface area contributed by atoms with E-state index in [1.165, 1.54) is 4.90 Å². The van der Waals surface area contributed by atoms with E-state index in [1.54, 1.807) is 11.3 Å². The Labute approximate surface area is 206 Å². The molecule has 2 aliphatic heterocycles. The zero-order chi connectivity index (χ0) is 24.7. The molecule has 34 heavy (non-hydrogen) atoms. The Morgan fingerprint density at radius 2 is 1.91 bits per heavy atom. The second-order valence-corrected chi connectivity index (χ2v) is 11.3. The van der Waals surface area contributed by atoms with E-state index in [9.17, 15) is 9.59 Å². The summed E-state index contributed by atoms with van der Waals surface area (Å²) >= 11 is 1.61. The number of rotatable bonds is 9. The number of amides is 2. The molecule has 3 rings (SSSR count). The Morgan fingerprint density at radius 1 is 1.18 bits per heavy atom. The Hall–Kier alpha value is -2.43. The zero-order valence-corrected chi connectivity index (χ0v) is 21.3. The predicted molar refractivity (Wildman–Crippen MR) is 138 cm³/mol. The van der Waals surface area contributed by atoms with Crippen LogP contribution in [0.3, 0.4) is 0 Å². The third-order valence-corrected chi connectivity index (χ3v) is 6.97. The van der Waals surface area contributed by atoms with E-state index in [-0.39, 0.29) is 5.91 Å². The maximum atomic E-state index is 12.8. The first kappa shape index (κ1) is 26.2. The van der Waals surface area contributed by atoms with Crippen molar-refractivity contribution in [1.82, 2.24) is 20.4 Å². The monoisotopic (exact) mass is 490 g/mol. The molecule has 0 unspecified atom stereocenters. The van der Waals surface area contributed by atoms with Crippen molar-refractivity contribution in [3.05, 3.63) is 21.4 Å². The second-order valence-electron chi connectivity index (χ2n) is 10.1. The van der Waals surface area contributed by atoms with E-state index >= 15 is 0 Å². The standard InChI is InChI=1S/C24H38N6O3S/c1-24(2,3)5-8-26-6-4-7-27-22(31)17-13-20-19(28-21(25)14-17)15-18(34-20)16-29-9-11-30(12-10-29)23(32)33/h13,15,26H,4-12,14,16H2,1-3H3,(H2,25,28)(H,27,31)(H,32,33). The summed E-state index contributed by atoms with van der Waals surface area (Å²) in [6.07, 6.45) is 3.38. The summed E-state index contributed by atoms with van der Waals surface area (Å²) < 4.78 is 0. The number of carboxylic acid groups (broad SMARTS) is 1. The molecule has 9 nitrogen and oxygen atoms in total. The molecule has 0 bridgehead atoms. The molecule has 0 spiro atoms. The molecule has 1 aromatic rings.